The number of hydrogen-bond acceptors (Lipinski definition) is 2. The summed E-state index contributed by atoms with van der Waals surface area (Å²) in [6.45, 7) is 3.15. The maximum absolute atomic E-state index is 11.4. The van der Waals surface area contributed by atoms with E-state index in [1.54, 1.807) is 13.8 Å². The van der Waals surface area contributed by atoms with E-state index < -0.39 is 0 Å². The van der Waals surface area contributed by atoms with E-state index in [1.165, 1.54) is 5.57 Å². The summed E-state index contributed by atoms with van der Waals surface area (Å²) in [5.74, 6) is 0.316. The molecular weight excluding hydrogens is 236 g/mol. The Morgan fingerprint density at radius 3 is 2.47 bits per heavy atom. The van der Waals surface area contributed by atoms with Crippen molar-refractivity contribution in [3.05, 3.63) is 58.0 Å². The number of carbonyl (C=O) groups is 2. The predicted octanol–water partition coefficient (Wildman–Crippen LogP) is 1.54. The molecule has 1 aromatic rings. The molecule has 0 aromatic heterocycles. The smallest absolute Gasteiger partial charge is 0.159 e. The van der Waals surface area contributed by atoms with Gasteiger partial charge in [0.15, 0.2) is 11.6 Å². The maximum atomic E-state index is 11.4. The van der Waals surface area contributed by atoms with Crippen molar-refractivity contribution in [2.75, 3.05) is 0 Å². The Balaban J connectivity index is 2.18. The molecular formula is C17H14O2. The molecule has 0 amide bonds. The zero-order valence-corrected chi connectivity index (χ0v) is 10.9. The first kappa shape index (κ1) is 11.8. The van der Waals surface area contributed by atoms with Gasteiger partial charge in [0.1, 0.15) is 0 Å². The number of benzene rings is 1. The van der Waals surface area contributed by atoms with Gasteiger partial charge in [-0.2, -0.15) is 0 Å². The molecule has 0 bridgehead atoms. The summed E-state index contributed by atoms with van der Waals surface area (Å²) < 4.78 is 0. The maximum Gasteiger partial charge on any atom is 0.159 e. The number of carbonyl (C=O) groups excluding carboxylic acids is 2. The van der Waals surface area contributed by atoms with E-state index in [9.17, 15) is 9.59 Å². The molecule has 0 N–H and O–H groups in total. The molecule has 94 valence electrons. The van der Waals surface area contributed by atoms with Gasteiger partial charge in [-0.3, -0.25) is 9.59 Å². The molecule has 0 heterocycles. The van der Waals surface area contributed by atoms with Gasteiger partial charge in [-0.05, 0) is 35.9 Å². The second-order valence-corrected chi connectivity index (χ2v) is 5.02. The molecule has 2 aliphatic carbocycles. The summed E-state index contributed by atoms with van der Waals surface area (Å²) in [5.41, 5.74) is 2.69. The molecule has 0 saturated heterocycles. The van der Waals surface area contributed by atoms with Gasteiger partial charge in [0.05, 0.1) is 0 Å². The topological polar surface area (TPSA) is 34.1 Å². The summed E-state index contributed by atoms with van der Waals surface area (Å²) in [5, 5.41) is 2.24. The van der Waals surface area contributed by atoms with Crippen molar-refractivity contribution >= 4 is 23.2 Å². The first-order valence-corrected chi connectivity index (χ1v) is 6.34. The Bertz CT molecular complexity index is 776. The van der Waals surface area contributed by atoms with Crippen LogP contribution in [0.25, 0.3) is 11.6 Å². The fourth-order valence-electron chi connectivity index (χ4n) is 2.65. The van der Waals surface area contributed by atoms with Gasteiger partial charge in [-0.15, -0.1) is 0 Å². The Labute approximate surface area is 111 Å². The van der Waals surface area contributed by atoms with Crippen LogP contribution in [0.15, 0.2) is 42.0 Å². The highest BCUT2D eigenvalue weighted by Gasteiger charge is 2.19. The van der Waals surface area contributed by atoms with E-state index in [-0.39, 0.29) is 17.5 Å². The number of ketones is 2. The average molecular weight is 250 g/mol. The monoisotopic (exact) mass is 250 g/mol. The second kappa shape index (κ2) is 4.16. The minimum absolute atomic E-state index is 0.0755. The first-order chi connectivity index (χ1) is 9.06. The molecule has 0 saturated carbocycles. The summed E-state index contributed by atoms with van der Waals surface area (Å²) in [6, 6.07) is 5.79. The van der Waals surface area contributed by atoms with Crippen molar-refractivity contribution in [2.45, 2.75) is 13.8 Å². The van der Waals surface area contributed by atoms with Crippen LogP contribution in [0.5, 0.6) is 0 Å². The lowest BCUT2D eigenvalue weighted by atomic mass is 9.91. The molecule has 1 atom stereocenters. The predicted molar refractivity (Wildman–Crippen MR) is 75.0 cm³/mol. The Hall–Kier alpha value is -2.22. The lowest BCUT2D eigenvalue weighted by Crippen LogP contribution is -2.23. The highest BCUT2D eigenvalue weighted by atomic mass is 16.1. The Kier molecular flexibility index (Phi) is 2.59. The molecule has 0 radical (unpaired) electrons. The third-order valence-electron chi connectivity index (χ3n) is 3.70. The van der Waals surface area contributed by atoms with E-state index in [0.717, 1.165) is 21.6 Å². The Morgan fingerprint density at radius 1 is 1.00 bits per heavy atom. The van der Waals surface area contributed by atoms with Crippen molar-refractivity contribution in [3.8, 4) is 0 Å². The summed E-state index contributed by atoms with van der Waals surface area (Å²) in [7, 11) is 0. The SMILES string of the molecule is CC(=O)C1=C[C@H]2C=c3cc(C(C)=O)ccc3=C2C=C1. The van der Waals surface area contributed by atoms with Crippen LogP contribution >= 0.6 is 0 Å². The van der Waals surface area contributed by atoms with E-state index in [4.69, 9.17) is 0 Å². The molecule has 0 fully saturated rings. The van der Waals surface area contributed by atoms with Crippen LogP contribution in [0.3, 0.4) is 0 Å². The fraction of sp³-hybridized carbons (Fsp3) is 0.176. The quantitative estimate of drug-likeness (QED) is 0.746. The first-order valence-electron chi connectivity index (χ1n) is 6.34. The second-order valence-electron chi connectivity index (χ2n) is 5.02. The third-order valence-corrected chi connectivity index (χ3v) is 3.70. The van der Waals surface area contributed by atoms with Crippen LogP contribution in [0.2, 0.25) is 0 Å². The summed E-state index contributed by atoms with van der Waals surface area (Å²) >= 11 is 0. The molecule has 1 aromatic carbocycles. The van der Waals surface area contributed by atoms with E-state index in [0.29, 0.717) is 0 Å². The number of hydrogen-bond donors (Lipinski definition) is 0. The largest absolute Gasteiger partial charge is 0.295 e. The van der Waals surface area contributed by atoms with Crippen molar-refractivity contribution in [3.63, 3.8) is 0 Å². The number of fused-ring (bicyclic) bond motifs is 2. The Morgan fingerprint density at radius 2 is 1.79 bits per heavy atom. The summed E-state index contributed by atoms with van der Waals surface area (Å²) in [6.07, 6.45) is 7.99. The number of rotatable bonds is 2. The summed E-state index contributed by atoms with van der Waals surface area (Å²) in [4.78, 5) is 22.8. The molecule has 0 spiro atoms. The normalized spacial score (nSPS) is 19.4. The van der Waals surface area contributed by atoms with Crippen LogP contribution in [0.4, 0.5) is 0 Å². The standard InChI is InChI=1S/C17H14O2/c1-10(18)12-3-5-16-14(7-12)9-15-8-13(11(2)19)4-6-17(15)16/h3-9,14H,1-2H3/t14-/m0/s1. The zero-order valence-electron chi connectivity index (χ0n) is 10.9. The lowest BCUT2D eigenvalue weighted by molar-refractivity contribution is -0.113. The van der Waals surface area contributed by atoms with Crippen LogP contribution in [0, 0.1) is 5.92 Å². The molecule has 0 unspecified atom stereocenters. The van der Waals surface area contributed by atoms with Crippen molar-refractivity contribution < 1.29 is 9.59 Å². The van der Waals surface area contributed by atoms with Gasteiger partial charge >= 0.3 is 0 Å². The molecule has 0 aliphatic heterocycles. The van der Waals surface area contributed by atoms with Gasteiger partial charge in [-0.1, -0.05) is 36.4 Å². The lowest BCUT2D eigenvalue weighted by Gasteiger charge is -2.12. The minimum atomic E-state index is 0.0755. The molecule has 19 heavy (non-hydrogen) atoms. The van der Waals surface area contributed by atoms with Crippen LogP contribution in [-0.2, 0) is 4.79 Å². The number of allylic oxidation sites excluding steroid dienone is 4. The molecule has 2 heteroatoms. The zero-order chi connectivity index (χ0) is 13.6. The van der Waals surface area contributed by atoms with E-state index in [1.807, 2.05) is 36.4 Å². The molecule has 2 aliphatic rings. The highest BCUT2D eigenvalue weighted by Crippen LogP contribution is 2.26. The number of Topliss-reactive ketones (excluding diaryl/α,β-unsaturated/α-hetero) is 2. The van der Waals surface area contributed by atoms with Crippen molar-refractivity contribution in [1.82, 2.24) is 0 Å². The van der Waals surface area contributed by atoms with Gasteiger partial charge in [0.25, 0.3) is 0 Å². The van der Waals surface area contributed by atoms with Gasteiger partial charge in [0.2, 0.25) is 0 Å². The van der Waals surface area contributed by atoms with E-state index in [2.05, 4.69) is 6.08 Å². The van der Waals surface area contributed by atoms with Crippen LogP contribution in [0.1, 0.15) is 24.2 Å². The van der Waals surface area contributed by atoms with Crippen molar-refractivity contribution in [1.29, 1.82) is 0 Å². The van der Waals surface area contributed by atoms with Gasteiger partial charge in [-0.25, -0.2) is 0 Å². The van der Waals surface area contributed by atoms with Gasteiger partial charge in [0, 0.05) is 17.1 Å². The van der Waals surface area contributed by atoms with Crippen LogP contribution in [-0.4, -0.2) is 11.6 Å². The highest BCUT2D eigenvalue weighted by molar-refractivity contribution is 5.99. The molecule has 3 rings (SSSR count). The average Bonchev–Trinajstić information content (AvgIpc) is 2.74. The van der Waals surface area contributed by atoms with E-state index >= 15 is 0 Å². The fourth-order valence-corrected chi connectivity index (χ4v) is 2.65. The minimum Gasteiger partial charge on any atom is -0.295 e. The van der Waals surface area contributed by atoms with Gasteiger partial charge < -0.3 is 0 Å². The van der Waals surface area contributed by atoms with Crippen LogP contribution < -0.4 is 10.4 Å². The van der Waals surface area contributed by atoms with Crippen molar-refractivity contribution in [2.24, 2.45) is 5.92 Å². The molecule has 2 nitrogen and oxygen atoms in total. The third kappa shape index (κ3) is 1.89.